The van der Waals surface area contributed by atoms with E-state index in [4.69, 9.17) is 17.3 Å². The monoisotopic (exact) mass is 268 g/mol. The molecule has 0 bridgehead atoms. The molecule has 5 nitrogen and oxygen atoms in total. The van der Waals surface area contributed by atoms with Gasteiger partial charge in [0, 0.05) is 26.3 Å². The maximum atomic E-state index is 11.8. The smallest absolute Gasteiger partial charge is 0.227 e. The zero-order chi connectivity index (χ0) is 13.3. The standard InChI is InChI=1S/C12H17ClN4O/c1-12(11(18)15-2)3-4-17(7-12)10-9(14)5-8(13)6-16-10/h5-6H,3-4,7,14H2,1-2H3,(H,15,18). The minimum absolute atomic E-state index is 0.0533. The molecule has 18 heavy (non-hydrogen) atoms. The van der Waals surface area contributed by atoms with Gasteiger partial charge in [0.25, 0.3) is 0 Å². The highest BCUT2D eigenvalue weighted by atomic mass is 35.5. The number of hydrogen-bond donors (Lipinski definition) is 2. The van der Waals surface area contributed by atoms with Crippen molar-refractivity contribution in [3.05, 3.63) is 17.3 Å². The molecule has 1 saturated heterocycles. The molecule has 2 rings (SSSR count). The van der Waals surface area contributed by atoms with Crippen molar-refractivity contribution in [2.45, 2.75) is 13.3 Å². The number of carbonyl (C=O) groups excluding carboxylic acids is 1. The highest BCUT2D eigenvalue weighted by molar-refractivity contribution is 6.30. The number of hydrogen-bond acceptors (Lipinski definition) is 4. The number of nitrogens with zero attached hydrogens (tertiary/aromatic N) is 2. The predicted molar refractivity (Wildman–Crippen MR) is 72.7 cm³/mol. The molecular weight excluding hydrogens is 252 g/mol. The van der Waals surface area contributed by atoms with Crippen LogP contribution >= 0.6 is 11.6 Å². The van der Waals surface area contributed by atoms with E-state index < -0.39 is 0 Å². The van der Waals surface area contributed by atoms with Crippen molar-refractivity contribution >= 4 is 29.0 Å². The van der Waals surface area contributed by atoms with Crippen molar-refractivity contribution in [1.82, 2.24) is 10.3 Å². The predicted octanol–water partition coefficient (Wildman–Crippen LogP) is 1.28. The normalized spacial score (nSPS) is 23.2. The third-order valence-electron chi connectivity index (χ3n) is 3.41. The molecule has 2 heterocycles. The van der Waals surface area contributed by atoms with E-state index in [9.17, 15) is 4.79 Å². The number of anilines is 2. The minimum atomic E-state index is -0.386. The van der Waals surface area contributed by atoms with Crippen LogP contribution in [-0.4, -0.2) is 31.0 Å². The molecule has 1 amide bonds. The van der Waals surface area contributed by atoms with Crippen molar-refractivity contribution in [2.75, 3.05) is 30.8 Å². The molecule has 0 spiro atoms. The van der Waals surface area contributed by atoms with E-state index in [1.54, 1.807) is 19.3 Å². The number of nitrogens with one attached hydrogen (secondary N) is 1. The van der Waals surface area contributed by atoms with Gasteiger partial charge in [-0.3, -0.25) is 4.79 Å². The first-order chi connectivity index (χ1) is 8.46. The van der Waals surface area contributed by atoms with Crippen molar-refractivity contribution in [3.8, 4) is 0 Å². The van der Waals surface area contributed by atoms with Crippen LogP contribution in [0.15, 0.2) is 12.3 Å². The Hall–Kier alpha value is -1.49. The number of amides is 1. The summed E-state index contributed by atoms with van der Waals surface area (Å²) in [5, 5.41) is 3.22. The van der Waals surface area contributed by atoms with Gasteiger partial charge in [0.15, 0.2) is 5.82 Å². The van der Waals surface area contributed by atoms with Crippen LogP contribution in [0.1, 0.15) is 13.3 Å². The second-order valence-corrected chi connectivity index (χ2v) is 5.31. The van der Waals surface area contributed by atoms with Gasteiger partial charge < -0.3 is 16.0 Å². The Bertz CT molecular complexity index is 479. The Morgan fingerprint density at radius 1 is 1.67 bits per heavy atom. The summed E-state index contributed by atoms with van der Waals surface area (Å²) >= 11 is 5.83. The van der Waals surface area contributed by atoms with E-state index >= 15 is 0 Å². The summed E-state index contributed by atoms with van der Waals surface area (Å²) in [7, 11) is 1.66. The Labute approximate surface area is 111 Å². The molecule has 0 aliphatic carbocycles. The van der Waals surface area contributed by atoms with Gasteiger partial charge in [0.1, 0.15) is 0 Å². The molecule has 1 aromatic heterocycles. The van der Waals surface area contributed by atoms with Gasteiger partial charge in [-0.05, 0) is 19.4 Å². The molecule has 0 aromatic carbocycles. The third-order valence-corrected chi connectivity index (χ3v) is 3.62. The largest absolute Gasteiger partial charge is 0.396 e. The number of nitrogen functional groups attached to an aromatic ring is 1. The molecule has 0 radical (unpaired) electrons. The maximum absolute atomic E-state index is 11.8. The van der Waals surface area contributed by atoms with Gasteiger partial charge >= 0.3 is 0 Å². The lowest BCUT2D eigenvalue weighted by Gasteiger charge is -2.24. The fourth-order valence-corrected chi connectivity index (χ4v) is 2.51. The molecule has 6 heteroatoms. The average molecular weight is 269 g/mol. The summed E-state index contributed by atoms with van der Waals surface area (Å²) < 4.78 is 0. The van der Waals surface area contributed by atoms with Gasteiger partial charge in [-0.2, -0.15) is 0 Å². The maximum Gasteiger partial charge on any atom is 0.227 e. The fourth-order valence-electron chi connectivity index (χ4n) is 2.34. The number of rotatable bonds is 2. The molecule has 1 unspecified atom stereocenters. The zero-order valence-electron chi connectivity index (χ0n) is 10.5. The highest BCUT2D eigenvalue weighted by Crippen LogP contribution is 2.35. The first-order valence-corrected chi connectivity index (χ1v) is 6.22. The number of halogens is 1. The molecule has 1 fully saturated rings. The van der Waals surface area contributed by atoms with Gasteiger partial charge in [0.2, 0.25) is 5.91 Å². The van der Waals surface area contributed by atoms with Crippen LogP contribution in [0.2, 0.25) is 5.02 Å². The van der Waals surface area contributed by atoms with E-state index in [-0.39, 0.29) is 11.3 Å². The van der Waals surface area contributed by atoms with Crippen molar-refractivity contribution in [2.24, 2.45) is 5.41 Å². The van der Waals surface area contributed by atoms with Crippen molar-refractivity contribution in [3.63, 3.8) is 0 Å². The lowest BCUT2D eigenvalue weighted by molar-refractivity contribution is -0.128. The quantitative estimate of drug-likeness (QED) is 0.848. The summed E-state index contributed by atoms with van der Waals surface area (Å²) in [4.78, 5) is 18.1. The van der Waals surface area contributed by atoms with Crippen LogP contribution in [0.4, 0.5) is 11.5 Å². The van der Waals surface area contributed by atoms with Crippen LogP contribution in [0, 0.1) is 5.41 Å². The van der Waals surface area contributed by atoms with Crippen LogP contribution in [-0.2, 0) is 4.79 Å². The van der Waals surface area contributed by atoms with E-state index in [1.165, 1.54) is 0 Å². The Kier molecular flexibility index (Phi) is 3.34. The summed E-state index contributed by atoms with van der Waals surface area (Å²) in [5.74, 6) is 0.754. The average Bonchev–Trinajstić information content (AvgIpc) is 2.72. The lowest BCUT2D eigenvalue weighted by atomic mass is 9.89. The van der Waals surface area contributed by atoms with Crippen LogP contribution < -0.4 is 16.0 Å². The summed E-state index contributed by atoms with van der Waals surface area (Å²) in [6.07, 6.45) is 2.36. The van der Waals surface area contributed by atoms with E-state index in [0.717, 1.165) is 13.0 Å². The van der Waals surface area contributed by atoms with Gasteiger partial charge in [0.05, 0.1) is 16.1 Å². The SMILES string of the molecule is CNC(=O)C1(C)CCN(c2ncc(Cl)cc2N)C1. The summed E-state index contributed by atoms with van der Waals surface area (Å²) in [6, 6.07) is 1.68. The van der Waals surface area contributed by atoms with Gasteiger partial charge in [-0.25, -0.2) is 4.98 Å². The molecule has 0 saturated carbocycles. The molecule has 1 aromatic rings. The molecule has 1 atom stereocenters. The molecule has 98 valence electrons. The number of nitrogens with two attached hydrogens (primary N) is 1. The Morgan fingerprint density at radius 3 is 3.00 bits per heavy atom. The molecule has 1 aliphatic heterocycles. The molecular formula is C12H17ClN4O. The Balaban J connectivity index is 2.20. The second kappa shape index (κ2) is 4.65. The minimum Gasteiger partial charge on any atom is -0.396 e. The second-order valence-electron chi connectivity index (χ2n) is 4.88. The number of pyridine rings is 1. The van der Waals surface area contributed by atoms with E-state index in [2.05, 4.69) is 10.3 Å². The van der Waals surface area contributed by atoms with E-state index in [0.29, 0.717) is 23.1 Å². The first kappa shape index (κ1) is 13.0. The third kappa shape index (κ3) is 2.22. The summed E-state index contributed by atoms with van der Waals surface area (Å²) in [5.41, 5.74) is 6.07. The van der Waals surface area contributed by atoms with Crippen LogP contribution in [0.3, 0.4) is 0 Å². The number of aromatic nitrogens is 1. The Morgan fingerprint density at radius 2 is 2.39 bits per heavy atom. The van der Waals surface area contributed by atoms with Crippen molar-refractivity contribution in [1.29, 1.82) is 0 Å². The topological polar surface area (TPSA) is 71.2 Å². The fraction of sp³-hybridized carbons (Fsp3) is 0.500. The van der Waals surface area contributed by atoms with Gasteiger partial charge in [-0.15, -0.1) is 0 Å². The van der Waals surface area contributed by atoms with Crippen LogP contribution in [0.5, 0.6) is 0 Å². The zero-order valence-corrected chi connectivity index (χ0v) is 11.3. The van der Waals surface area contributed by atoms with Gasteiger partial charge in [-0.1, -0.05) is 11.6 Å². The van der Waals surface area contributed by atoms with Crippen LogP contribution in [0.25, 0.3) is 0 Å². The number of carbonyl (C=O) groups is 1. The highest BCUT2D eigenvalue weighted by Gasteiger charge is 2.40. The summed E-state index contributed by atoms with van der Waals surface area (Å²) in [6.45, 7) is 3.34. The van der Waals surface area contributed by atoms with E-state index in [1.807, 2.05) is 11.8 Å². The van der Waals surface area contributed by atoms with Crippen molar-refractivity contribution < 1.29 is 4.79 Å². The first-order valence-electron chi connectivity index (χ1n) is 5.84. The molecule has 3 N–H and O–H groups in total. The lowest BCUT2D eigenvalue weighted by Crippen LogP contribution is -2.39. The molecule has 1 aliphatic rings.